The molecule has 0 aliphatic carbocycles. The minimum atomic E-state index is -1.17. The van der Waals surface area contributed by atoms with Crippen LogP contribution in [0.5, 0.6) is 0 Å². The Hall–Kier alpha value is -3.06. The number of benzene rings is 2. The highest BCUT2D eigenvalue weighted by Gasteiger charge is 2.51. The fourth-order valence-corrected chi connectivity index (χ4v) is 4.92. The van der Waals surface area contributed by atoms with Gasteiger partial charge in [-0.1, -0.05) is 48.5 Å². The molecule has 42 heavy (non-hydrogen) atoms. The Balaban J connectivity index is 1.58. The molecule has 0 spiro atoms. The summed E-state index contributed by atoms with van der Waals surface area (Å²) in [6.07, 6.45) is -6.01. The zero-order chi connectivity index (χ0) is 29.9. The molecule has 230 valence electrons. The minimum Gasteiger partial charge on any atom is -0.449 e. The van der Waals surface area contributed by atoms with Crippen LogP contribution in [0.3, 0.4) is 0 Å². The summed E-state index contributed by atoms with van der Waals surface area (Å²) in [5.41, 5.74) is 1.20. The van der Waals surface area contributed by atoms with Crippen LogP contribution in [0.4, 0.5) is 4.79 Å². The molecule has 2 aromatic rings. The molecule has 4 rings (SSSR count). The van der Waals surface area contributed by atoms with Crippen LogP contribution in [0, 0.1) is 0 Å². The Labute approximate surface area is 247 Å². The third-order valence-electron chi connectivity index (χ3n) is 7.24. The van der Waals surface area contributed by atoms with Crippen molar-refractivity contribution < 1.29 is 38.4 Å². The van der Waals surface area contributed by atoms with E-state index < -0.39 is 49.4 Å². The van der Waals surface area contributed by atoms with Gasteiger partial charge in [-0.3, -0.25) is 4.90 Å². The highest BCUT2D eigenvalue weighted by atomic mass is 16.7. The summed E-state index contributed by atoms with van der Waals surface area (Å²) in [5.74, 6) is -0.626. The van der Waals surface area contributed by atoms with Gasteiger partial charge >= 0.3 is 12.1 Å². The number of amides is 1. The van der Waals surface area contributed by atoms with Crippen LogP contribution in [0.15, 0.2) is 60.7 Å². The number of carbonyl (C=O) groups excluding carboxylic acids is 2. The molecule has 11 nitrogen and oxygen atoms in total. The molecule has 2 fully saturated rings. The normalized spacial score (nSPS) is 25.2. The number of likely N-dealkylation sites (N-methyl/N-ethyl adjacent to an activating group) is 1. The first-order valence-corrected chi connectivity index (χ1v) is 14.5. The quantitative estimate of drug-likeness (QED) is 0.359. The number of hydrogen-bond donors (Lipinski definition) is 2. The van der Waals surface area contributed by atoms with Crippen LogP contribution in [0.1, 0.15) is 29.8 Å². The molecule has 2 aliphatic rings. The van der Waals surface area contributed by atoms with Crippen molar-refractivity contribution in [3.05, 3.63) is 71.8 Å². The molecule has 2 N–H and O–H groups in total. The van der Waals surface area contributed by atoms with E-state index in [0.717, 1.165) is 31.7 Å². The first-order chi connectivity index (χ1) is 20.3. The summed E-state index contributed by atoms with van der Waals surface area (Å²) >= 11 is 0. The lowest BCUT2D eigenvalue weighted by atomic mass is 9.98. The van der Waals surface area contributed by atoms with Crippen molar-refractivity contribution in [2.24, 2.45) is 0 Å². The molecule has 5 atom stereocenters. The Bertz CT molecular complexity index is 1100. The number of aliphatic hydroxyl groups excluding tert-OH is 1. The maximum Gasteiger partial charge on any atom is 0.407 e. The number of rotatable bonds is 12. The average molecular weight is 586 g/mol. The van der Waals surface area contributed by atoms with Crippen molar-refractivity contribution in [3.63, 3.8) is 0 Å². The highest BCUT2D eigenvalue weighted by molar-refractivity contribution is 5.89. The summed E-state index contributed by atoms with van der Waals surface area (Å²) in [4.78, 5) is 30.7. The lowest BCUT2D eigenvalue weighted by Gasteiger charge is -2.44. The molecular formula is C31H43N3O8. The minimum absolute atomic E-state index is 0.158. The van der Waals surface area contributed by atoms with Gasteiger partial charge in [0.25, 0.3) is 0 Å². The van der Waals surface area contributed by atoms with Crippen LogP contribution in [-0.2, 0) is 30.3 Å². The van der Waals surface area contributed by atoms with Gasteiger partial charge in [0.2, 0.25) is 0 Å². The number of nitrogens with one attached hydrogen (secondary N) is 1. The number of aliphatic hydroxyl groups is 1. The molecule has 2 heterocycles. The topological polar surface area (TPSA) is 119 Å². The Morgan fingerprint density at radius 2 is 1.60 bits per heavy atom. The van der Waals surface area contributed by atoms with Gasteiger partial charge in [-0.05, 0) is 38.6 Å². The number of hydrogen-bond acceptors (Lipinski definition) is 10. The van der Waals surface area contributed by atoms with Crippen molar-refractivity contribution in [1.29, 1.82) is 0 Å². The summed E-state index contributed by atoms with van der Waals surface area (Å²) in [5, 5.41) is 13.1. The summed E-state index contributed by atoms with van der Waals surface area (Å²) in [6, 6.07) is 17.8. The number of esters is 1. The standard InChI is InChI=1S/C31H43N3O8/c1-22(2)32-31(37)42-27-26(39-21-23-10-6-4-7-11-23)25(20-35)40-30(38-19-18-34-16-14-33(3)15-17-34)28(27)41-29(36)24-12-8-5-9-13-24/h4-13,22,25-28,30,35H,14-21H2,1-3H3,(H,32,37)/t25-,26-,27+,28-,30-/m1/s1. The molecule has 11 heteroatoms. The van der Waals surface area contributed by atoms with Crippen molar-refractivity contribution in [2.75, 3.05) is 53.0 Å². The van der Waals surface area contributed by atoms with Crippen LogP contribution < -0.4 is 5.32 Å². The summed E-state index contributed by atoms with van der Waals surface area (Å²) in [7, 11) is 2.09. The number of carbonyl (C=O) groups is 2. The maximum atomic E-state index is 13.3. The van der Waals surface area contributed by atoms with E-state index in [1.807, 2.05) is 44.2 Å². The molecule has 0 radical (unpaired) electrons. The first-order valence-electron chi connectivity index (χ1n) is 14.5. The summed E-state index contributed by atoms with van der Waals surface area (Å²) in [6.45, 7) is 8.02. The van der Waals surface area contributed by atoms with Gasteiger partial charge in [0.15, 0.2) is 18.5 Å². The van der Waals surface area contributed by atoms with Crippen molar-refractivity contribution in [2.45, 2.75) is 57.2 Å². The van der Waals surface area contributed by atoms with Crippen LogP contribution in [0.25, 0.3) is 0 Å². The fraction of sp³-hybridized carbons (Fsp3) is 0.548. The molecule has 0 bridgehead atoms. The third kappa shape index (κ3) is 9.22. The monoisotopic (exact) mass is 585 g/mol. The highest BCUT2D eigenvalue weighted by Crippen LogP contribution is 2.30. The van der Waals surface area contributed by atoms with Crippen LogP contribution in [-0.4, -0.2) is 117 Å². The number of ether oxygens (including phenoxy) is 5. The van der Waals surface area contributed by atoms with E-state index in [2.05, 4.69) is 22.2 Å². The van der Waals surface area contributed by atoms with E-state index in [1.165, 1.54) is 0 Å². The zero-order valence-corrected chi connectivity index (χ0v) is 24.6. The molecule has 2 aromatic carbocycles. The van der Waals surface area contributed by atoms with E-state index in [9.17, 15) is 14.7 Å². The van der Waals surface area contributed by atoms with Gasteiger partial charge in [-0.25, -0.2) is 9.59 Å². The number of alkyl carbamates (subject to hydrolysis) is 1. The molecule has 0 aromatic heterocycles. The van der Waals surface area contributed by atoms with Crippen molar-refractivity contribution in [3.8, 4) is 0 Å². The Kier molecular flexibility index (Phi) is 12.1. The van der Waals surface area contributed by atoms with Crippen LogP contribution in [0.2, 0.25) is 0 Å². The van der Waals surface area contributed by atoms with Crippen molar-refractivity contribution in [1.82, 2.24) is 15.1 Å². The second-order valence-corrected chi connectivity index (χ2v) is 10.9. The van der Waals surface area contributed by atoms with Gasteiger partial charge < -0.3 is 39.0 Å². The fourth-order valence-electron chi connectivity index (χ4n) is 4.92. The second-order valence-electron chi connectivity index (χ2n) is 10.9. The molecule has 1 amide bonds. The molecular weight excluding hydrogens is 542 g/mol. The molecule has 2 saturated heterocycles. The number of nitrogens with zero attached hydrogens (tertiary/aromatic N) is 2. The smallest absolute Gasteiger partial charge is 0.407 e. The van der Waals surface area contributed by atoms with Gasteiger partial charge in [0, 0.05) is 38.8 Å². The predicted octanol–water partition coefficient (Wildman–Crippen LogP) is 2.28. The summed E-state index contributed by atoms with van der Waals surface area (Å²) < 4.78 is 30.4. The van der Waals surface area contributed by atoms with Crippen LogP contribution >= 0.6 is 0 Å². The van der Waals surface area contributed by atoms with E-state index in [0.29, 0.717) is 12.1 Å². The van der Waals surface area contributed by atoms with Gasteiger partial charge in [0.05, 0.1) is 25.4 Å². The number of piperazine rings is 1. The Morgan fingerprint density at radius 3 is 2.24 bits per heavy atom. The van der Waals surface area contributed by atoms with Gasteiger partial charge in [-0.2, -0.15) is 0 Å². The van der Waals surface area contributed by atoms with E-state index in [4.69, 9.17) is 23.7 Å². The molecule has 0 saturated carbocycles. The SMILES string of the molecule is CC(C)NC(=O)O[C@@H]1[C@@H](OC(=O)c2ccccc2)[C@H](OCCN2CCN(C)CC2)O[C@H](CO)[C@H]1OCc1ccccc1. The van der Waals surface area contributed by atoms with Crippen molar-refractivity contribution >= 4 is 12.1 Å². The van der Waals surface area contributed by atoms with Gasteiger partial charge in [0.1, 0.15) is 12.2 Å². The average Bonchev–Trinajstić information content (AvgIpc) is 2.99. The Morgan fingerprint density at radius 1 is 0.929 bits per heavy atom. The third-order valence-corrected chi connectivity index (χ3v) is 7.24. The molecule has 0 unspecified atom stereocenters. The predicted molar refractivity (Wildman–Crippen MR) is 155 cm³/mol. The zero-order valence-electron chi connectivity index (χ0n) is 24.6. The second kappa shape index (κ2) is 16.0. The lowest BCUT2D eigenvalue weighted by molar-refractivity contribution is -0.307. The van der Waals surface area contributed by atoms with E-state index in [1.54, 1.807) is 30.3 Å². The van der Waals surface area contributed by atoms with Gasteiger partial charge in [-0.15, -0.1) is 0 Å². The van der Waals surface area contributed by atoms with E-state index in [-0.39, 0.29) is 19.3 Å². The van der Waals surface area contributed by atoms with E-state index >= 15 is 0 Å². The largest absolute Gasteiger partial charge is 0.449 e. The first kappa shape index (κ1) is 31.9. The molecule has 2 aliphatic heterocycles. The lowest BCUT2D eigenvalue weighted by Crippen LogP contribution is -2.63. The maximum absolute atomic E-state index is 13.3.